The van der Waals surface area contributed by atoms with Gasteiger partial charge in [0.1, 0.15) is 6.04 Å². The van der Waals surface area contributed by atoms with Gasteiger partial charge in [-0.2, -0.15) is 4.31 Å². The molecule has 0 saturated carbocycles. The lowest BCUT2D eigenvalue weighted by Crippen LogP contribution is -2.41. The van der Waals surface area contributed by atoms with E-state index in [4.69, 9.17) is 40.5 Å². The molecule has 5 nitrogen and oxygen atoms in total. The molecule has 3 rings (SSSR count). The molecule has 156 valence electrons. The van der Waals surface area contributed by atoms with Crippen molar-refractivity contribution in [2.75, 3.05) is 0 Å². The molecular formula is C21H17Cl3N2O3S. The molecular weight excluding hydrogens is 467 g/mol. The molecule has 1 atom stereocenters. The van der Waals surface area contributed by atoms with Gasteiger partial charge in [0.15, 0.2) is 0 Å². The molecule has 2 N–H and O–H groups in total. The first-order valence-electron chi connectivity index (χ1n) is 8.76. The summed E-state index contributed by atoms with van der Waals surface area (Å²) < 4.78 is 28.1. The van der Waals surface area contributed by atoms with Gasteiger partial charge in [0.25, 0.3) is 0 Å². The zero-order valence-corrected chi connectivity index (χ0v) is 18.6. The molecule has 1 amide bonds. The highest BCUT2D eigenvalue weighted by Gasteiger charge is 2.36. The number of halogens is 3. The number of hydrogen-bond donors (Lipinski definition) is 1. The Labute approximate surface area is 190 Å². The molecule has 0 radical (unpaired) electrons. The van der Waals surface area contributed by atoms with Gasteiger partial charge < -0.3 is 5.73 Å². The number of carbonyl (C=O) groups is 1. The number of primary amides is 1. The van der Waals surface area contributed by atoms with E-state index in [0.29, 0.717) is 21.2 Å². The van der Waals surface area contributed by atoms with E-state index in [1.807, 2.05) is 0 Å². The van der Waals surface area contributed by atoms with Crippen molar-refractivity contribution in [2.24, 2.45) is 5.73 Å². The van der Waals surface area contributed by atoms with E-state index in [-0.39, 0.29) is 16.5 Å². The van der Waals surface area contributed by atoms with E-state index in [2.05, 4.69) is 0 Å². The molecule has 30 heavy (non-hydrogen) atoms. The van der Waals surface area contributed by atoms with Crippen LogP contribution in [0.5, 0.6) is 0 Å². The third-order valence-corrected chi connectivity index (χ3v) is 7.23. The zero-order valence-electron chi connectivity index (χ0n) is 15.5. The Balaban J connectivity index is 2.15. The molecule has 0 fully saturated rings. The van der Waals surface area contributed by atoms with Crippen LogP contribution in [0.3, 0.4) is 0 Å². The standard InChI is InChI=1S/C21H17Cl3N2O3S/c22-16-7-9-17(10-8-16)30(28,29)26(13-14-6-11-18(23)19(24)12-14)20(21(25)27)15-4-2-1-3-5-15/h1-12,20H,13H2,(H2,25,27)/t20-/m1/s1. The van der Waals surface area contributed by atoms with Gasteiger partial charge in [0.2, 0.25) is 15.9 Å². The molecule has 3 aromatic carbocycles. The Morgan fingerprint density at radius 3 is 2.10 bits per heavy atom. The highest BCUT2D eigenvalue weighted by molar-refractivity contribution is 7.89. The summed E-state index contributed by atoms with van der Waals surface area (Å²) in [6, 6.07) is 17.7. The number of hydrogen-bond acceptors (Lipinski definition) is 3. The van der Waals surface area contributed by atoms with E-state index < -0.39 is 22.0 Å². The first kappa shape index (κ1) is 22.6. The molecule has 3 aromatic rings. The van der Waals surface area contributed by atoms with Crippen molar-refractivity contribution in [2.45, 2.75) is 17.5 Å². The lowest BCUT2D eigenvalue weighted by atomic mass is 10.1. The van der Waals surface area contributed by atoms with Crippen LogP contribution in [0.15, 0.2) is 77.7 Å². The molecule has 0 aromatic heterocycles. The van der Waals surface area contributed by atoms with Crippen LogP contribution in [0.4, 0.5) is 0 Å². The van der Waals surface area contributed by atoms with Crippen molar-refractivity contribution in [1.29, 1.82) is 0 Å². The van der Waals surface area contributed by atoms with Gasteiger partial charge in [-0.3, -0.25) is 4.79 Å². The zero-order chi connectivity index (χ0) is 21.9. The Morgan fingerprint density at radius 1 is 0.900 bits per heavy atom. The summed E-state index contributed by atoms with van der Waals surface area (Å²) in [5.41, 5.74) is 6.66. The Bertz CT molecular complexity index is 1150. The summed E-state index contributed by atoms with van der Waals surface area (Å²) in [6.07, 6.45) is 0. The number of benzene rings is 3. The number of sulfonamides is 1. The van der Waals surface area contributed by atoms with Gasteiger partial charge >= 0.3 is 0 Å². The first-order valence-corrected chi connectivity index (χ1v) is 11.3. The first-order chi connectivity index (χ1) is 14.2. The SMILES string of the molecule is NC(=O)[C@@H](c1ccccc1)N(Cc1ccc(Cl)c(Cl)c1)S(=O)(=O)c1ccc(Cl)cc1. The van der Waals surface area contributed by atoms with E-state index in [1.54, 1.807) is 48.5 Å². The predicted molar refractivity (Wildman–Crippen MR) is 119 cm³/mol. The average molecular weight is 484 g/mol. The Hall–Kier alpha value is -2.09. The van der Waals surface area contributed by atoms with Crippen LogP contribution in [-0.4, -0.2) is 18.6 Å². The second-order valence-electron chi connectivity index (χ2n) is 6.47. The fraction of sp³-hybridized carbons (Fsp3) is 0.0952. The van der Waals surface area contributed by atoms with Gasteiger partial charge in [-0.15, -0.1) is 0 Å². The van der Waals surface area contributed by atoms with Crippen LogP contribution < -0.4 is 5.73 Å². The number of nitrogens with two attached hydrogens (primary N) is 1. The molecule has 0 aliphatic rings. The Morgan fingerprint density at radius 2 is 1.53 bits per heavy atom. The minimum atomic E-state index is -4.13. The number of nitrogens with zero attached hydrogens (tertiary/aromatic N) is 1. The van der Waals surface area contributed by atoms with E-state index in [1.165, 1.54) is 24.3 Å². The maximum atomic E-state index is 13.5. The molecule has 0 saturated heterocycles. The van der Waals surface area contributed by atoms with Crippen molar-refractivity contribution in [3.05, 3.63) is 99.0 Å². The maximum absolute atomic E-state index is 13.5. The van der Waals surface area contributed by atoms with Gasteiger partial charge in [-0.1, -0.05) is 71.2 Å². The summed E-state index contributed by atoms with van der Waals surface area (Å²) in [4.78, 5) is 12.4. The monoisotopic (exact) mass is 482 g/mol. The fourth-order valence-corrected chi connectivity index (χ4v) is 5.00. The van der Waals surface area contributed by atoms with Gasteiger partial charge in [0, 0.05) is 11.6 Å². The van der Waals surface area contributed by atoms with Crippen molar-refractivity contribution >= 4 is 50.7 Å². The summed E-state index contributed by atoms with van der Waals surface area (Å²) >= 11 is 18.0. The van der Waals surface area contributed by atoms with E-state index in [9.17, 15) is 13.2 Å². The number of rotatable bonds is 7. The van der Waals surface area contributed by atoms with Gasteiger partial charge in [0.05, 0.1) is 14.9 Å². The van der Waals surface area contributed by atoms with Crippen molar-refractivity contribution < 1.29 is 13.2 Å². The largest absolute Gasteiger partial charge is 0.368 e. The van der Waals surface area contributed by atoms with Gasteiger partial charge in [-0.25, -0.2) is 8.42 Å². The third kappa shape index (κ3) is 4.96. The smallest absolute Gasteiger partial charge is 0.244 e. The van der Waals surface area contributed by atoms with Crippen LogP contribution in [0.1, 0.15) is 17.2 Å². The summed E-state index contributed by atoms with van der Waals surface area (Å²) in [7, 11) is -4.13. The minimum Gasteiger partial charge on any atom is -0.368 e. The molecule has 0 bridgehead atoms. The quantitative estimate of drug-likeness (QED) is 0.510. The average Bonchev–Trinajstić information content (AvgIpc) is 2.71. The van der Waals surface area contributed by atoms with Crippen LogP contribution in [-0.2, 0) is 21.4 Å². The van der Waals surface area contributed by atoms with Crippen LogP contribution in [0, 0.1) is 0 Å². The summed E-state index contributed by atoms with van der Waals surface area (Å²) in [6.45, 7) is -0.148. The summed E-state index contributed by atoms with van der Waals surface area (Å²) in [5, 5.41) is 0.995. The second kappa shape index (κ2) is 9.37. The normalized spacial score (nSPS) is 12.7. The third-order valence-electron chi connectivity index (χ3n) is 4.42. The minimum absolute atomic E-state index is 0.0193. The lowest BCUT2D eigenvalue weighted by Gasteiger charge is -2.29. The fourth-order valence-electron chi connectivity index (χ4n) is 2.98. The number of carbonyl (C=O) groups excluding carboxylic acids is 1. The second-order valence-corrected chi connectivity index (χ2v) is 9.61. The van der Waals surface area contributed by atoms with Crippen LogP contribution in [0.25, 0.3) is 0 Å². The van der Waals surface area contributed by atoms with Gasteiger partial charge in [-0.05, 0) is 47.5 Å². The van der Waals surface area contributed by atoms with Crippen molar-refractivity contribution in [3.8, 4) is 0 Å². The maximum Gasteiger partial charge on any atom is 0.244 e. The predicted octanol–water partition coefficient (Wildman–Crippen LogP) is 5.06. The molecule has 0 aliphatic carbocycles. The molecule has 0 heterocycles. The molecule has 9 heteroatoms. The van der Waals surface area contributed by atoms with Crippen molar-refractivity contribution in [3.63, 3.8) is 0 Å². The molecule has 0 unspecified atom stereocenters. The topological polar surface area (TPSA) is 80.5 Å². The number of amides is 1. The Kier molecular flexibility index (Phi) is 7.06. The van der Waals surface area contributed by atoms with Crippen LogP contribution >= 0.6 is 34.8 Å². The molecule has 0 aliphatic heterocycles. The van der Waals surface area contributed by atoms with Crippen molar-refractivity contribution in [1.82, 2.24) is 4.31 Å². The van der Waals surface area contributed by atoms with E-state index in [0.717, 1.165) is 4.31 Å². The molecule has 0 spiro atoms. The highest BCUT2D eigenvalue weighted by atomic mass is 35.5. The lowest BCUT2D eigenvalue weighted by molar-refractivity contribution is -0.122. The highest BCUT2D eigenvalue weighted by Crippen LogP contribution is 2.32. The van der Waals surface area contributed by atoms with Crippen LogP contribution in [0.2, 0.25) is 15.1 Å². The summed E-state index contributed by atoms with van der Waals surface area (Å²) in [5.74, 6) is -0.807. The van der Waals surface area contributed by atoms with E-state index >= 15 is 0 Å².